The largest absolute Gasteiger partial charge is 0.481 e. The van der Waals surface area contributed by atoms with Crippen LogP contribution in [0.25, 0.3) is 6.08 Å². The molecule has 4 heteroatoms. The van der Waals surface area contributed by atoms with Crippen molar-refractivity contribution in [3.05, 3.63) is 65.8 Å². The number of hydrogen-bond donors (Lipinski definition) is 1. The van der Waals surface area contributed by atoms with Crippen molar-refractivity contribution >= 4 is 12.0 Å². The lowest BCUT2D eigenvalue weighted by atomic mass is 9.76. The number of carbonyl (C=O) groups is 1. The van der Waals surface area contributed by atoms with Gasteiger partial charge in [0.25, 0.3) is 0 Å². The summed E-state index contributed by atoms with van der Waals surface area (Å²) in [5.41, 5.74) is 1.36. The van der Waals surface area contributed by atoms with Crippen molar-refractivity contribution in [2.45, 2.75) is 25.4 Å². The molecule has 0 bridgehead atoms. The van der Waals surface area contributed by atoms with Crippen LogP contribution in [0.1, 0.15) is 24.8 Å². The van der Waals surface area contributed by atoms with Crippen LogP contribution in [-0.2, 0) is 14.3 Å². The second-order valence-electron chi connectivity index (χ2n) is 6.58. The van der Waals surface area contributed by atoms with Crippen LogP contribution in [-0.4, -0.2) is 37.0 Å². The van der Waals surface area contributed by atoms with E-state index in [4.69, 9.17) is 9.47 Å². The topological polar surface area (TPSA) is 59.1 Å². The highest BCUT2D eigenvalue weighted by molar-refractivity contribution is 5.78. The minimum Gasteiger partial charge on any atom is -0.481 e. The van der Waals surface area contributed by atoms with Crippen LogP contribution in [0.15, 0.2) is 60.2 Å². The molecular formula is C21H24O4. The number of carboxylic acid groups (broad SMARTS) is 1. The van der Waals surface area contributed by atoms with Gasteiger partial charge in [-0.05, 0) is 30.4 Å². The molecular weight excluding hydrogens is 316 g/mol. The fourth-order valence-corrected chi connectivity index (χ4v) is 2.89. The molecule has 25 heavy (non-hydrogen) atoms. The average Bonchev–Trinajstić information content (AvgIpc) is 3.46. The minimum atomic E-state index is -0.816. The van der Waals surface area contributed by atoms with Crippen LogP contribution < -0.4 is 0 Å². The van der Waals surface area contributed by atoms with Gasteiger partial charge in [0.05, 0.1) is 18.6 Å². The predicted molar refractivity (Wildman–Crippen MR) is 97.2 cm³/mol. The molecule has 4 nitrogen and oxygen atoms in total. The van der Waals surface area contributed by atoms with Gasteiger partial charge in [-0.3, -0.25) is 4.79 Å². The summed E-state index contributed by atoms with van der Waals surface area (Å²) in [7, 11) is 0. The molecule has 1 saturated heterocycles. The van der Waals surface area contributed by atoms with Gasteiger partial charge in [-0.15, -0.1) is 0 Å². The first-order chi connectivity index (χ1) is 12.2. The van der Waals surface area contributed by atoms with Crippen LogP contribution in [0.4, 0.5) is 0 Å². The molecule has 0 saturated carbocycles. The quantitative estimate of drug-likeness (QED) is 0.548. The Morgan fingerprint density at radius 1 is 1.32 bits per heavy atom. The molecule has 1 aromatic rings. The Labute approximate surface area is 148 Å². The first-order valence-corrected chi connectivity index (χ1v) is 8.73. The third kappa shape index (κ3) is 5.15. The summed E-state index contributed by atoms with van der Waals surface area (Å²) in [5, 5.41) is 9.68. The third-order valence-corrected chi connectivity index (χ3v) is 4.61. The van der Waals surface area contributed by atoms with Crippen molar-refractivity contribution in [2.24, 2.45) is 5.41 Å². The van der Waals surface area contributed by atoms with Crippen LogP contribution in [0, 0.1) is 5.41 Å². The van der Waals surface area contributed by atoms with E-state index in [0.29, 0.717) is 26.1 Å². The Bertz CT molecular complexity index is 670. The van der Waals surface area contributed by atoms with E-state index in [0.717, 1.165) is 24.2 Å². The van der Waals surface area contributed by atoms with Crippen molar-refractivity contribution in [3.63, 3.8) is 0 Å². The number of benzene rings is 1. The van der Waals surface area contributed by atoms with Crippen molar-refractivity contribution in [1.82, 2.24) is 0 Å². The van der Waals surface area contributed by atoms with Gasteiger partial charge in [0.1, 0.15) is 6.10 Å². The fraction of sp³-hybridized carbons (Fsp3) is 0.381. The Balaban J connectivity index is 1.52. The molecule has 0 amide bonds. The van der Waals surface area contributed by atoms with Gasteiger partial charge >= 0.3 is 5.97 Å². The van der Waals surface area contributed by atoms with E-state index in [2.05, 4.69) is 0 Å². The van der Waals surface area contributed by atoms with E-state index in [1.54, 1.807) is 0 Å². The lowest BCUT2D eigenvalue weighted by Gasteiger charge is -2.27. The summed E-state index contributed by atoms with van der Waals surface area (Å²) < 4.78 is 10.6. The number of aliphatic carboxylic acids is 1. The summed E-state index contributed by atoms with van der Waals surface area (Å²) in [4.78, 5) is 11.8. The zero-order valence-electron chi connectivity index (χ0n) is 14.3. The van der Waals surface area contributed by atoms with E-state index in [-0.39, 0.29) is 6.10 Å². The van der Waals surface area contributed by atoms with E-state index < -0.39 is 11.4 Å². The first-order valence-electron chi connectivity index (χ1n) is 8.73. The van der Waals surface area contributed by atoms with Crippen molar-refractivity contribution < 1.29 is 19.4 Å². The number of allylic oxidation sites excluding steroid dienone is 4. The molecule has 1 aromatic carbocycles. The molecule has 0 spiro atoms. The smallest absolute Gasteiger partial charge is 0.313 e. The fourth-order valence-electron chi connectivity index (χ4n) is 2.89. The summed E-state index contributed by atoms with van der Waals surface area (Å²) in [6, 6.07) is 10.1. The summed E-state index contributed by atoms with van der Waals surface area (Å²) in [6.07, 6.45) is 11.9. The Kier molecular flexibility index (Phi) is 5.84. The highest BCUT2D eigenvalue weighted by Gasteiger charge is 2.35. The van der Waals surface area contributed by atoms with Gasteiger partial charge in [-0.1, -0.05) is 60.7 Å². The maximum Gasteiger partial charge on any atom is 0.313 e. The number of hydrogen-bond acceptors (Lipinski definition) is 3. The van der Waals surface area contributed by atoms with Gasteiger partial charge in [0.2, 0.25) is 0 Å². The maximum atomic E-state index is 11.8. The minimum absolute atomic E-state index is 0.255. The van der Waals surface area contributed by atoms with Gasteiger partial charge in [-0.2, -0.15) is 0 Å². The zero-order chi connectivity index (χ0) is 17.5. The summed E-state index contributed by atoms with van der Waals surface area (Å²) >= 11 is 0. The molecule has 1 aliphatic carbocycles. The predicted octanol–water partition coefficient (Wildman–Crippen LogP) is 3.85. The first kappa shape index (κ1) is 17.6. The van der Waals surface area contributed by atoms with Gasteiger partial charge in [0.15, 0.2) is 0 Å². The van der Waals surface area contributed by atoms with Crippen molar-refractivity contribution in [1.29, 1.82) is 0 Å². The van der Waals surface area contributed by atoms with Crippen LogP contribution in [0.3, 0.4) is 0 Å². The third-order valence-electron chi connectivity index (χ3n) is 4.61. The monoisotopic (exact) mass is 340 g/mol. The van der Waals surface area contributed by atoms with Crippen molar-refractivity contribution in [2.75, 3.05) is 19.8 Å². The summed E-state index contributed by atoms with van der Waals surface area (Å²) in [6.45, 7) is 1.98. The highest BCUT2D eigenvalue weighted by atomic mass is 16.6. The molecule has 2 unspecified atom stereocenters. The summed E-state index contributed by atoms with van der Waals surface area (Å²) in [5.74, 6) is -0.767. The van der Waals surface area contributed by atoms with E-state index in [1.807, 2.05) is 60.7 Å². The Morgan fingerprint density at radius 2 is 2.12 bits per heavy atom. The van der Waals surface area contributed by atoms with E-state index in [1.165, 1.54) is 0 Å². The van der Waals surface area contributed by atoms with E-state index >= 15 is 0 Å². The molecule has 1 aliphatic heterocycles. The van der Waals surface area contributed by atoms with Gasteiger partial charge < -0.3 is 14.6 Å². The SMILES string of the molecule is O=C(O)C1(CCCOCC2CO2)C=CC(C=Cc2ccccc2)=CC1. The molecule has 1 heterocycles. The molecule has 3 rings (SSSR count). The Hall–Kier alpha value is -2.17. The van der Waals surface area contributed by atoms with E-state index in [9.17, 15) is 9.90 Å². The average molecular weight is 340 g/mol. The second-order valence-corrected chi connectivity index (χ2v) is 6.58. The molecule has 1 fully saturated rings. The van der Waals surface area contributed by atoms with Gasteiger partial charge in [0, 0.05) is 6.61 Å². The maximum absolute atomic E-state index is 11.8. The molecule has 0 radical (unpaired) electrons. The second kappa shape index (κ2) is 8.28. The standard InChI is InChI=1S/C21H24O4/c22-20(23)21(11-4-14-24-15-19-16-25-19)12-9-18(10-13-21)8-7-17-5-2-1-3-6-17/h1-3,5-10,12,19H,4,11,13-16H2,(H,22,23). The lowest BCUT2D eigenvalue weighted by Crippen LogP contribution is -2.30. The molecule has 1 N–H and O–H groups in total. The Morgan fingerprint density at radius 3 is 2.76 bits per heavy atom. The van der Waals surface area contributed by atoms with Crippen molar-refractivity contribution in [3.8, 4) is 0 Å². The zero-order valence-corrected chi connectivity index (χ0v) is 14.3. The number of ether oxygens (including phenoxy) is 2. The lowest BCUT2D eigenvalue weighted by molar-refractivity contribution is -0.146. The highest BCUT2D eigenvalue weighted by Crippen LogP contribution is 2.35. The normalized spacial score (nSPS) is 25.1. The van der Waals surface area contributed by atoms with Crippen LogP contribution in [0.5, 0.6) is 0 Å². The molecule has 0 aromatic heterocycles. The number of carboxylic acids is 1. The number of rotatable bonds is 9. The molecule has 132 valence electrons. The van der Waals surface area contributed by atoms with Crippen LogP contribution in [0.2, 0.25) is 0 Å². The number of epoxide rings is 1. The van der Waals surface area contributed by atoms with Gasteiger partial charge in [-0.25, -0.2) is 0 Å². The molecule has 2 aliphatic rings. The molecule has 2 atom stereocenters. The van der Waals surface area contributed by atoms with Crippen LogP contribution >= 0.6 is 0 Å².